The number of hydrogen-bond acceptors (Lipinski definition) is 4. The molecule has 2 aromatic rings. The van der Waals surface area contributed by atoms with Crippen molar-refractivity contribution in [1.82, 2.24) is 4.90 Å². The van der Waals surface area contributed by atoms with Gasteiger partial charge in [0, 0.05) is 23.5 Å². The number of benzene rings is 1. The minimum atomic E-state index is -0.164. The Labute approximate surface area is 201 Å². The highest BCUT2D eigenvalue weighted by Gasteiger charge is 2.36. The molecule has 1 aromatic carbocycles. The van der Waals surface area contributed by atoms with Crippen molar-refractivity contribution in [3.63, 3.8) is 0 Å². The molecule has 1 aliphatic heterocycles. The average Bonchev–Trinajstić information content (AvgIpc) is 3.08. The standard InChI is InChI=1S/C27H36N2O3S/c1-16-8-7-9-19(12-16)24(30)28-25-23(26(31)29-14-17(2)32-18(3)15-29)21-11-10-20(27(4,5)6)13-22(21)33-25/h7-9,12,17-18,20H,10-11,13-15H2,1-6H3,(H,28,30)/t17-,18-,20-/m0/s1. The largest absolute Gasteiger partial charge is 0.372 e. The highest BCUT2D eigenvalue weighted by atomic mass is 32.1. The topological polar surface area (TPSA) is 58.6 Å². The Hall–Kier alpha value is -2.18. The van der Waals surface area contributed by atoms with E-state index < -0.39 is 0 Å². The maximum Gasteiger partial charge on any atom is 0.257 e. The summed E-state index contributed by atoms with van der Waals surface area (Å²) in [5, 5.41) is 3.80. The highest BCUT2D eigenvalue weighted by Crippen LogP contribution is 2.45. The number of nitrogens with one attached hydrogen (secondary N) is 1. The van der Waals surface area contributed by atoms with Gasteiger partial charge in [0.2, 0.25) is 0 Å². The number of anilines is 1. The quantitative estimate of drug-likeness (QED) is 0.628. The van der Waals surface area contributed by atoms with Crippen LogP contribution in [0.1, 0.15) is 77.8 Å². The fraction of sp³-hybridized carbons (Fsp3) is 0.556. The zero-order chi connectivity index (χ0) is 23.9. The third-order valence-corrected chi connectivity index (χ3v) is 8.09. The molecule has 1 aromatic heterocycles. The van der Waals surface area contributed by atoms with E-state index in [0.29, 0.717) is 35.1 Å². The molecule has 0 bridgehead atoms. The molecule has 178 valence electrons. The molecule has 2 heterocycles. The normalized spacial score (nSPS) is 23.2. The van der Waals surface area contributed by atoms with Crippen LogP contribution in [0.25, 0.3) is 0 Å². The van der Waals surface area contributed by atoms with Crippen LogP contribution in [0.4, 0.5) is 5.00 Å². The van der Waals surface area contributed by atoms with E-state index in [4.69, 9.17) is 4.74 Å². The van der Waals surface area contributed by atoms with Crippen LogP contribution >= 0.6 is 11.3 Å². The van der Waals surface area contributed by atoms with Gasteiger partial charge in [0.1, 0.15) is 5.00 Å². The van der Waals surface area contributed by atoms with Crippen LogP contribution in [0.3, 0.4) is 0 Å². The smallest absolute Gasteiger partial charge is 0.257 e. The summed E-state index contributed by atoms with van der Waals surface area (Å²) in [5.41, 5.74) is 3.70. The van der Waals surface area contributed by atoms with Crippen molar-refractivity contribution in [2.75, 3.05) is 18.4 Å². The number of morpholine rings is 1. The maximum absolute atomic E-state index is 13.8. The Kier molecular flexibility index (Phi) is 6.70. The van der Waals surface area contributed by atoms with E-state index in [9.17, 15) is 9.59 Å². The Morgan fingerprint density at radius 2 is 1.85 bits per heavy atom. The van der Waals surface area contributed by atoms with E-state index >= 15 is 0 Å². The SMILES string of the molecule is Cc1cccc(C(=O)Nc2sc3c(c2C(=O)N2C[C@H](C)O[C@@H](C)C2)CC[C@H](C(C)(C)C)C3)c1. The van der Waals surface area contributed by atoms with Crippen molar-refractivity contribution in [3.05, 3.63) is 51.4 Å². The van der Waals surface area contributed by atoms with Gasteiger partial charge < -0.3 is 15.0 Å². The minimum absolute atomic E-state index is 0.00256. The van der Waals surface area contributed by atoms with Crippen molar-refractivity contribution in [2.45, 2.75) is 73.0 Å². The number of carbonyl (C=O) groups is 2. The highest BCUT2D eigenvalue weighted by molar-refractivity contribution is 7.17. The second-order valence-corrected chi connectivity index (χ2v) is 11.9. The number of fused-ring (bicyclic) bond motifs is 1. The molecule has 4 rings (SSSR count). The summed E-state index contributed by atoms with van der Waals surface area (Å²) in [4.78, 5) is 30.1. The summed E-state index contributed by atoms with van der Waals surface area (Å²) in [6, 6.07) is 7.56. The average molecular weight is 469 g/mol. The molecule has 1 saturated heterocycles. The first-order valence-corrected chi connectivity index (χ1v) is 12.8. The zero-order valence-corrected chi connectivity index (χ0v) is 21.5. The van der Waals surface area contributed by atoms with Crippen molar-refractivity contribution in [3.8, 4) is 0 Å². The summed E-state index contributed by atoms with van der Waals surface area (Å²) in [6.45, 7) is 14.0. The molecule has 1 aliphatic carbocycles. The molecule has 0 saturated carbocycles. The van der Waals surface area contributed by atoms with Gasteiger partial charge in [-0.2, -0.15) is 0 Å². The Bertz CT molecular complexity index is 1040. The molecular weight excluding hydrogens is 432 g/mol. The van der Waals surface area contributed by atoms with Crippen LogP contribution in [0.2, 0.25) is 0 Å². The molecule has 1 N–H and O–H groups in total. The Balaban J connectivity index is 1.70. The van der Waals surface area contributed by atoms with E-state index in [1.54, 1.807) is 11.3 Å². The van der Waals surface area contributed by atoms with E-state index in [1.165, 1.54) is 4.88 Å². The number of rotatable bonds is 3. The van der Waals surface area contributed by atoms with Gasteiger partial charge in [-0.1, -0.05) is 38.5 Å². The van der Waals surface area contributed by atoms with Gasteiger partial charge in [-0.3, -0.25) is 9.59 Å². The predicted molar refractivity (Wildman–Crippen MR) is 134 cm³/mol. The number of thiophene rings is 1. The van der Waals surface area contributed by atoms with Gasteiger partial charge in [-0.15, -0.1) is 11.3 Å². The van der Waals surface area contributed by atoms with Crippen molar-refractivity contribution >= 4 is 28.2 Å². The molecular formula is C27H36N2O3S. The van der Waals surface area contributed by atoms with Gasteiger partial charge in [0.25, 0.3) is 11.8 Å². The number of hydrogen-bond donors (Lipinski definition) is 1. The summed E-state index contributed by atoms with van der Waals surface area (Å²) in [5.74, 6) is 0.418. The van der Waals surface area contributed by atoms with Gasteiger partial charge in [-0.25, -0.2) is 0 Å². The molecule has 33 heavy (non-hydrogen) atoms. The van der Waals surface area contributed by atoms with Gasteiger partial charge in [-0.05, 0) is 69.1 Å². The number of amides is 2. The van der Waals surface area contributed by atoms with Gasteiger partial charge in [0.05, 0.1) is 17.8 Å². The molecule has 5 nitrogen and oxygen atoms in total. The van der Waals surface area contributed by atoms with E-state index in [1.807, 2.05) is 49.9 Å². The molecule has 2 aliphatic rings. The first-order chi connectivity index (χ1) is 15.5. The fourth-order valence-electron chi connectivity index (χ4n) is 5.10. The van der Waals surface area contributed by atoms with Crippen LogP contribution in [0, 0.1) is 18.3 Å². The Morgan fingerprint density at radius 1 is 1.15 bits per heavy atom. The Morgan fingerprint density at radius 3 is 2.48 bits per heavy atom. The lowest BCUT2D eigenvalue weighted by atomic mass is 9.72. The molecule has 2 amide bonds. The second-order valence-electron chi connectivity index (χ2n) is 10.8. The first kappa shape index (κ1) is 24.0. The lowest BCUT2D eigenvalue weighted by Gasteiger charge is -2.36. The lowest BCUT2D eigenvalue weighted by Crippen LogP contribution is -2.48. The monoisotopic (exact) mass is 468 g/mol. The summed E-state index contributed by atoms with van der Waals surface area (Å²) in [6.07, 6.45) is 2.91. The zero-order valence-electron chi connectivity index (χ0n) is 20.7. The molecule has 6 heteroatoms. The number of ether oxygens (including phenoxy) is 1. The first-order valence-electron chi connectivity index (χ1n) is 12.0. The fourth-order valence-corrected chi connectivity index (χ4v) is 6.42. The molecule has 0 spiro atoms. The third-order valence-electron chi connectivity index (χ3n) is 6.92. The summed E-state index contributed by atoms with van der Waals surface area (Å²) < 4.78 is 5.85. The van der Waals surface area contributed by atoms with E-state index in [2.05, 4.69) is 26.1 Å². The molecule has 0 unspecified atom stereocenters. The lowest BCUT2D eigenvalue weighted by molar-refractivity contribution is -0.0586. The van der Waals surface area contributed by atoms with Crippen LogP contribution in [0.5, 0.6) is 0 Å². The third kappa shape index (κ3) is 5.17. The van der Waals surface area contributed by atoms with E-state index in [0.717, 1.165) is 30.4 Å². The number of nitrogens with zero attached hydrogens (tertiary/aromatic N) is 1. The van der Waals surface area contributed by atoms with Crippen molar-refractivity contribution < 1.29 is 14.3 Å². The summed E-state index contributed by atoms with van der Waals surface area (Å²) in [7, 11) is 0. The minimum Gasteiger partial charge on any atom is -0.372 e. The van der Waals surface area contributed by atoms with Crippen LogP contribution in [-0.4, -0.2) is 42.0 Å². The van der Waals surface area contributed by atoms with Crippen LogP contribution < -0.4 is 5.32 Å². The van der Waals surface area contributed by atoms with Crippen molar-refractivity contribution in [1.29, 1.82) is 0 Å². The molecule has 1 fully saturated rings. The second kappa shape index (κ2) is 9.22. The van der Waals surface area contributed by atoms with Gasteiger partial charge >= 0.3 is 0 Å². The maximum atomic E-state index is 13.8. The van der Waals surface area contributed by atoms with Crippen molar-refractivity contribution in [2.24, 2.45) is 11.3 Å². The number of carbonyl (C=O) groups excluding carboxylic acids is 2. The van der Waals surface area contributed by atoms with Crippen LogP contribution in [-0.2, 0) is 17.6 Å². The van der Waals surface area contributed by atoms with E-state index in [-0.39, 0.29) is 29.4 Å². The van der Waals surface area contributed by atoms with Crippen LogP contribution in [0.15, 0.2) is 24.3 Å². The predicted octanol–water partition coefficient (Wildman–Crippen LogP) is 5.71. The molecule has 0 radical (unpaired) electrons. The number of aryl methyl sites for hydroxylation is 1. The summed E-state index contributed by atoms with van der Waals surface area (Å²) >= 11 is 1.59. The molecule has 3 atom stereocenters. The van der Waals surface area contributed by atoms with Gasteiger partial charge in [0.15, 0.2) is 0 Å².